The smallest absolute Gasteiger partial charge is 0.290 e. The molecule has 1 aliphatic rings. The maximum Gasteiger partial charge on any atom is 0.290 e. The lowest BCUT2D eigenvalue weighted by molar-refractivity contribution is -0.129. The summed E-state index contributed by atoms with van der Waals surface area (Å²) in [7, 11) is 3.90. The highest BCUT2D eigenvalue weighted by molar-refractivity contribution is 6.30. The highest BCUT2D eigenvalue weighted by Crippen LogP contribution is 2.39. The molecule has 0 bridgehead atoms. The van der Waals surface area contributed by atoms with Crippen LogP contribution >= 0.6 is 11.6 Å². The van der Waals surface area contributed by atoms with Crippen LogP contribution in [0.2, 0.25) is 5.02 Å². The monoisotopic (exact) mass is 388 g/mol. The average Bonchev–Trinajstić information content (AvgIpc) is 3.25. The predicted octanol–water partition coefficient (Wildman–Crippen LogP) is 3.46. The molecule has 142 valence electrons. The zero-order valence-corrected chi connectivity index (χ0v) is 15.9. The van der Waals surface area contributed by atoms with Crippen molar-refractivity contribution in [3.05, 3.63) is 70.3 Å². The summed E-state index contributed by atoms with van der Waals surface area (Å²) in [6.45, 7) is 1.18. The fourth-order valence-electron chi connectivity index (χ4n) is 3.21. The van der Waals surface area contributed by atoms with E-state index in [9.17, 15) is 14.7 Å². The van der Waals surface area contributed by atoms with Gasteiger partial charge in [0.1, 0.15) is 0 Å². The van der Waals surface area contributed by atoms with E-state index in [4.69, 9.17) is 16.0 Å². The number of rotatable bonds is 7. The zero-order valence-electron chi connectivity index (χ0n) is 15.2. The molecule has 1 aliphatic heterocycles. The van der Waals surface area contributed by atoms with Crippen LogP contribution in [0.25, 0.3) is 0 Å². The predicted molar refractivity (Wildman–Crippen MR) is 102 cm³/mol. The Bertz CT molecular complexity index is 857. The maximum absolute atomic E-state index is 12.9. The minimum atomic E-state index is -0.686. The minimum Gasteiger partial charge on any atom is -0.503 e. The quantitative estimate of drug-likeness (QED) is 0.735. The van der Waals surface area contributed by atoms with Crippen LogP contribution in [0.3, 0.4) is 0 Å². The second-order valence-electron chi connectivity index (χ2n) is 6.68. The van der Waals surface area contributed by atoms with Gasteiger partial charge in [-0.25, -0.2) is 0 Å². The number of Topliss-reactive ketones (excluding diaryl/α,β-unsaturated/α-hetero) is 1. The summed E-state index contributed by atoms with van der Waals surface area (Å²) in [4.78, 5) is 29.2. The van der Waals surface area contributed by atoms with Crippen LogP contribution in [0.4, 0.5) is 0 Å². The van der Waals surface area contributed by atoms with Crippen LogP contribution in [0.5, 0.6) is 0 Å². The van der Waals surface area contributed by atoms with E-state index in [0.717, 1.165) is 6.54 Å². The third kappa shape index (κ3) is 3.91. The molecule has 1 N–H and O–H groups in total. The third-order valence-electron chi connectivity index (χ3n) is 4.48. The first-order valence-electron chi connectivity index (χ1n) is 8.62. The molecule has 0 spiro atoms. The van der Waals surface area contributed by atoms with E-state index in [1.807, 2.05) is 19.0 Å². The minimum absolute atomic E-state index is 0.0297. The second kappa shape index (κ2) is 7.98. The number of carbonyl (C=O) groups excluding carboxylic acids is 2. The van der Waals surface area contributed by atoms with Crippen molar-refractivity contribution >= 4 is 23.3 Å². The van der Waals surface area contributed by atoms with Gasteiger partial charge in [-0.1, -0.05) is 23.7 Å². The first-order valence-corrected chi connectivity index (χ1v) is 9.00. The number of hydrogen-bond donors (Lipinski definition) is 1. The summed E-state index contributed by atoms with van der Waals surface area (Å²) in [6.07, 6.45) is 2.09. The number of halogens is 1. The van der Waals surface area contributed by atoms with Crippen molar-refractivity contribution in [2.45, 2.75) is 12.5 Å². The molecule has 27 heavy (non-hydrogen) atoms. The lowest BCUT2D eigenvalue weighted by atomic mass is 9.95. The molecule has 0 aliphatic carbocycles. The van der Waals surface area contributed by atoms with Gasteiger partial charge in [-0.15, -0.1) is 0 Å². The first kappa shape index (κ1) is 19.2. The summed E-state index contributed by atoms with van der Waals surface area (Å²) in [5.41, 5.74) is 0.735. The molecule has 1 atom stereocenters. The van der Waals surface area contributed by atoms with Crippen molar-refractivity contribution in [3.8, 4) is 0 Å². The fraction of sp³-hybridized carbons (Fsp3) is 0.300. The van der Waals surface area contributed by atoms with E-state index in [0.29, 0.717) is 23.6 Å². The molecule has 0 saturated heterocycles. The van der Waals surface area contributed by atoms with Gasteiger partial charge < -0.3 is 19.3 Å². The van der Waals surface area contributed by atoms with Gasteiger partial charge in [-0.2, -0.15) is 0 Å². The number of aliphatic hydroxyl groups is 1. The molecular weight excluding hydrogens is 368 g/mol. The number of carbonyl (C=O) groups is 2. The molecule has 2 heterocycles. The molecule has 0 radical (unpaired) electrons. The van der Waals surface area contributed by atoms with Gasteiger partial charge in [0.2, 0.25) is 5.78 Å². The van der Waals surface area contributed by atoms with Gasteiger partial charge in [0, 0.05) is 11.6 Å². The molecule has 1 aromatic heterocycles. The van der Waals surface area contributed by atoms with Crippen LogP contribution in [0.15, 0.2) is 58.4 Å². The normalized spacial score (nSPS) is 17.3. The average molecular weight is 389 g/mol. The summed E-state index contributed by atoms with van der Waals surface area (Å²) < 4.78 is 5.19. The van der Waals surface area contributed by atoms with Crippen LogP contribution < -0.4 is 0 Å². The number of hydrogen-bond acceptors (Lipinski definition) is 5. The van der Waals surface area contributed by atoms with Gasteiger partial charge in [-0.05, 0) is 56.9 Å². The molecule has 1 aromatic carbocycles. The van der Waals surface area contributed by atoms with Crippen molar-refractivity contribution in [3.63, 3.8) is 0 Å². The van der Waals surface area contributed by atoms with E-state index in [1.165, 1.54) is 17.2 Å². The van der Waals surface area contributed by atoms with Gasteiger partial charge in [0.15, 0.2) is 11.5 Å². The highest BCUT2D eigenvalue weighted by Gasteiger charge is 2.44. The molecule has 3 rings (SSSR count). The van der Waals surface area contributed by atoms with Crippen molar-refractivity contribution in [2.75, 3.05) is 27.2 Å². The molecule has 2 aromatic rings. The lowest BCUT2D eigenvalue weighted by Gasteiger charge is -2.27. The van der Waals surface area contributed by atoms with E-state index in [2.05, 4.69) is 0 Å². The number of nitrogens with zero attached hydrogens (tertiary/aromatic N) is 2. The summed E-state index contributed by atoms with van der Waals surface area (Å²) in [5.74, 6) is -1.50. The number of ketones is 1. The second-order valence-corrected chi connectivity index (χ2v) is 7.11. The van der Waals surface area contributed by atoms with Gasteiger partial charge in [0.25, 0.3) is 5.91 Å². The lowest BCUT2D eigenvalue weighted by Crippen LogP contribution is -2.33. The van der Waals surface area contributed by atoms with Crippen molar-refractivity contribution < 1.29 is 19.1 Å². The van der Waals surface area contributed by atoms with Crippen LogP contribution in [0.1, 0.15) is 28.6 Å². The number of aliphatic hydroxyl groups excluding tert-OH is 1. The van der Waals surface area contributed by atoms with Crippen molar-refractivity contribution in [2.24, 2.45) is 0 Å². The Morgan fingerprint density at radius 2 is 1.96 bits per heavy atom. The standard InChI is InChI=1S/C20H21ClN2O4/c1-22(2)10-4-11-23-17(13-6-8-14(21)9-7-13)16(19(25)20(23)26)18(24)15-5-3-12-27-15/h3,5-9,12,17,25H,4,10-11H2,1-2H3/t17-/m0/s1. The van der Waals surface area contributed by atoms with E-state index in [1.54, 1.807) is 30.3 Å². The van der Waals surface area contributed by atoms with E-state index >= 15 is 0 Å². The number of benzene rings is 1. The molecule has 1 amide bonds. The van der Waals surface area contributed by atoms with Crippen molar-refractivity contribution in [1.82, 2.24) is 9.80 Å². The van der Waals surface area contributed by atoms with E-state index < -0.39 is 23.5 Å². The molecule has 7 heteroatoms. The summed E-state index contributed by atoms with van der Waals surface area (Å²) in [6, 6.07) is 9.33. The molecular formula is C20H21ClN2O4. The summed E-state index contributed by atoms with van der Waals surface area (Å²) in [5, 5.41) is 11.0. The summed E-state index contributed by atoms with van der Waals surface area (Å²) >= 11 is 5.98. The van der Waals surface area contributed by atoms with E-state index in [-0.39, 0.29) is 11.3 Å². The SMILES string of the molecule is CN(C)CCCN1C(=O)C(O)=C(C(=O)c2ccco2)[C@@H]1c1ccc(Cl)cc1. The fourth-order valence-corrected chi connectivity index (χ4v) is 3.33. The Morgan fingerprint density at radius 1 is 1.26 bits per heavy atom. The van der Waals surface area contributed by atoms with Gasteiger partial charge in [-0.3, -0.25) is 9.59 Å². The Balaban J connectivity index is 1.99. The number of amides is 1. The third-order valence-corrected chi connectivity index (χ3v) is 4.74. The Morgan fingerprint density at radius 3 is 2.56 bits per heavy atom. The number of furan rings is 1. The molecule has 0 fully saturated rings. The highest BCUT2D eigenvalue weighted by atomic mass is 35.5. The Hall–Kier alpha value is -2.57. The molecule has 6 nitrogen and oxygen atoms in total. The van der Waals surface area contributed by atoms with Gasteiger partial charge in [0.05, 0.1) is 17.9 Å². The molecule has 0 unspecified atom stereocenters. The zero-order chi connectivity index (χ0) is 19.6. The van der Waals surface area contributed by atoms with Gasteiger partial charge >= 0.3 is 0 Å². The van der Waals surface area contributed by atoms with Crippen LogP contribution in [-0.4, -0.2) is 53.8 Å². The first-order chi connectivity index (χ1) is 12.9. The maximum atomic E-state index is 12.9. The largest absolute Gasteiger partial charge is 0.503 e. The van der Waals surface area contributed by atoms with Crippen LogP contribution in [-0.2, 0) is 4.79 Å². The molecule has 0 saturated carbocycles. The topological polar surface area (TPSA) is 74.0 Å². The van der Waals surface area contributed by atoms with Crippen molar-refractivity contribution in [1.29, 1.82) is 0 Å². The Kier molecular flexibility index (Phi) is 5.68. The Labute approximate surface area is 162 Å². The van der Waals surface area contributed by atoms with Crippen LogP contribution in [0, 0.1) is 0 Å².